The molecule has 82 valence electrons. The van der Waals surface area contributed by atoms with Gasteiger partial charge in [0.25, 0.3) is 0 Å². The second kappa shape index (κ2) is 3.69. The van der Waals surface area contributed by atoms with Gasteiger partial charge in [0, 0.05) is 19.6 Å². The molecule has 1 aromatic rings. The van der Waals surface area contributed by atoms with Crippen molar-refractivity contribution in [3.05, 3.63) is 28.8 Å². The van der Waals surface area contributed by atoms with Crippen LogP contribution in [0.1, 0.15) is 18.4 Å². The fraction of sp³-hybridized carbons (Fsp3) is 0.500. The van der Waals surface area contributed by atoms with Gasteiger partial charge in [-0.25, -0.2) is 0 Å². The smallest absolute Gasteiger partial charge is 0.0639 e. The second-order valence-electron chi connectivity index (χ2n) is 4.72. The van der Waals surface area contributed by atoms with Crippen molar-refractivity contribution >= 4 is 17.3 Å². The predicted molar refractivity (Wildman–Crippen MR) is 65.6 cm³/mol. The average molecular weight is 225 g/mol. The van der Waals surface area contributed by atoms with Gasteiger partial charge in [-0.05, 0) is 37.0 Å². The lowest BCUT2D eigenvalue weighted by Crippen LogP contribution is -2.24. The molecule has 3 heteroatoms. The molecular formula is C12H17ClN2. The van der Waals surface area contributed by atoms with Crippen molar-refractivity contribution in [1.82, 2.24) is 0 Å². The molecule has 0 heterocycles. The molecule has 0 aromatic heterocycles. The molecule has 2 nitrogen and oxygen atoms in total. The summed E-state index contributed by atoms with van der Waals surface area (Å²) < 4.78 is 0. The largest absolute Gasteiger partial charge is 0.376 e. The summed E-state index contributed by atoms with van der Waals surface area (Å²) >= 11 is 6.11. The highest BCUT2D eigenvalue weighted by atomic mass is 35.5. The zero-order valence-corrected chi connectivity index (χ0v) is 10.0. The summed E-state index contributed by atoms with van der Waals surface area (Å²) in [6.07, 6.45) is 3.25. The van der Waals surface area contributed by atoms with E-state index in [1.54, 1.807) is 0 Å². The van der Waals surface area contributed by atoms with Gasteiger partial charge in [-0.3, -0.25) is 0 Å². The van der Waals surface area contributed by atoms with Gasteiger partial charge in [-0.1, -0.05) is 17.7 Å². The van der Waals surface area contributed by atoms with Crippen LogP contribution in [0.5, 0.6) is 0 Å². The van der Waals surface area contributed by atoms with Crippen LogP contribution >= 0.6 is 11.6 Å². The monoisotopic (exact) mass is 224 g/mol. The van der Waals surface area contributed by atoms with Crippen LogP contribution in [0.3, 0.4) is 0 Å². The van der Waals surface area contributed by atoms with Gasteiger partial charge >= 0.3 is 0 Å². The second-order valence-corrected chi connectivity index (χ2v) is 5.13. The molecular weight excluding hydrogens is 208 g/mol. The van der Waals surface area contributed by atoms with Gasteiger partial charge in [-0.15, -0.1) is 0 Å². The lowest BCUT2D eigenvalue weighted by atomic mass is 10.0. The Kier molecular flexibility index (Phi) is 2.65. The van der Waals surface area contributed by atoms with Gasteiger partial charge in [0.1, 0.15) is 0 Å². The van der Waals surface area contributed by atoms with Crippen molar-refractivity contribution in [2.45, 2.75) is 24.8 Å². The number of benzene rings is 1. The van der Waals surface area contributed by atoms with Crippen LogP contribution in [0.25, 0.3) is 0 Å². The van der Waals surface area contributed by atoms with E-state index in [-0.39, 0.29) is 5.54 Å². The Labute approximate surface area is 96.0 Å². The highest BCUT2D eigenvalue weighted by molar-refractivity contribution is 6.33. The first-order valence-corrected chi connectivity index (χ1v) is 5.63. The fourth-order valence-electron chi connectivity index (χ4n) is 1.75. The van der Waals surface area contributed by atoms with Crippen LogP contribution < -0.4 is 10.6 Å². The molecule has 0 unspecified atom stereocenters. The maximum Gasteiger partial charge on any atom is 0.0639 e. The van der Waals surface area contributed by atoms with Crippen LogP contribution in [0, 0.1) is 0 Å². The van der Waals surface area contributed by atoms with E-state index in [1.807, 2.05) is 25.1 Å². The number of rotatable bonds is 3. The molecule has 1 aromatic carbocycles. The van der Waals surface area contributed by atoms with Crippen LogP contribution in [0.4, 0.5) is 5.69 Å². The van der Waals surface area contributed by atoms with E-state index in [0.717, 1.165) is 30.0 Å². The quantitative estimate of drug-likeness (QED) is 0.855. The summed E-state index contributed by atoms with van der Waals surface area (Å²) in [7, 11) is 4.00. The maximum absolute atomic E-state index is 6.11. The van der Waals surface area contributed by atoms with Crippen LogP contribution in [-0.4, -0.2) is 19.6 Å². The number of hydrogen-bond acceptors (Lipinski definition) is 2. The first kappa shape index (κ1) is 10.8. The summed E-state index contributed by atoms with van der Waals surface area (Å²) in [6, 6.07) is 6.16. The van der Waals surface area contributed by atoms with Crippen molar-refractivity contribution in [3.8, 4) is 0 Å². The van der Waals surface area contributed by atoms with Crippen molar-refractivity contribution in [1.29, 1.82) is 0 Å². The van der Waals surface area contributed by atoms with Crippen LogP contribution in [-0.2, 0) is 6.42 Å². The molecule has 2 rings (SSSR count). The zero-order chi connectivity index (χ0) is 11.1. The normalized spacial score (nSPS) is 17.6. The van der Waals surface area contributed by atoms with Gasteiger partial charge < -0.3 is 10.6 Å². The summed E-state index contributed by atoms with van der Waals surface area (Å²) in [4.78, 5) is 2.03. The van der Waals surface area contributed by atoms with E-state index in [2.05, 4.69) is 12.1 Å². The third kappa shape index (κ3) is 2.44. The Morgan fingerprint density at radius 1 is 1.40 bits per heavy atom. The predicted octanol–water partition coefficient (Wildman–Crippen LogP) is 2.44. The van der Waals surface area contributed by atoms with Crippen molar-refractivity contribution in [3.63, 3.8) is 0 Å². The number of hydrogen-bond donors (Lipinski definition) is 1. The average Bonchev–Trinajstić information content (AvgIpc) is 2.87. The van der Waals surface area contributed by atoms with E-state index >= 15 is 0 Å². The van der Waals surface area contributed by atoms with E-state index < -0.39 is 0 Å². The molecule has 1 aliphatic rings. The van der Waals surface area contributed by atoms with E-state index in [4.69, 9.17) is 17.3 Å². The number of anilines is 1. The van der Waals surface area contributed by atoms with E-state index in [9.17, 15) is 0 Å². The highest BCUT2D eigenvalue weighted by Gasteiger charge is 2.37. The Hall–Kier alpha value is -0.730. The minimum absolute atomic E-state index is 0.0669. The topological polar surface area (TPSA) is 29.3 Å². The van der Waals surface area contributed by atoms with Gasteiger partial charge in [0.2, 0.25) is 0 Å². The Balaban J connectivity index is 2.22. The Morgan fingerprint density at radius 3 is 2.60 bits per heavy atom. The van der Waals surface area contributed by atoms with E-state index in [0.29, 0.717) is 0 Å². The maximum atomic E-state index is 6.11. The SMILES string of the molecule is CN(C)c1cc(CC2(N)CC2)ccc1Cl. The summed E-state index contributed by atoms with van der Waals surface area (Å²) in [6.45, 7) is 0. The van der Waals surface area contributed by atoms with Crippen LogP contribution in [0.2, 0.25) is 5.02 Å². The van der Waals surface area contributed by atoms with E-state index in [1.165, 1.54) is 5.56 Å². The van der Waals surface area contributed by atoms with Crippen molar-refractivity contribution in [2.24, 2.45) is 5.73 Å². The molecule has 1 fully saturated rings. The number of halogens is 1. The molecule has 1 saturated carbocycles. The molecule has 0 aliphatic heterocycles. The number of nitrogens with zero attached hydrogens (tertiary/aromatic N) is 1. The Bertz CT molecular complexity index is 370. The summed E-state index contributed by atoms with van der Waals surface area (Å²) in [5, 5.41) is 0.797. The highest BCUT2D eigenvalue weighted by Crippen LogP contribution is 2.37. The number of nitrogens with two attached hydrogens (primary N) is 1. The molecule has 1 aliphatic carbocycles. The molecule has 0 bridgehead atoms. The van der Waals surface area contributed by atoms with Gasteiger partial charge in [0.05, 0.1) is 10.7 Å². The standard InChI is InChI=1S/C12H17ClN2/c1-15(2)11-7-9(3-4-10(11)13)8-12(14)5-6-12/h3-4,7H,5-6,8,14H2,1-2H3. The fourth-order valence-corrected chi connectivity index (χ4v) is 2.04. The van der Waals surface area contributed by atoms with Gasteiger partial charge in [-0.2, -0.15) is 0 Å². The van der Waals surface area contributed by atoms with Crippen molar-refractivity contribution < 1.29 is 0 Å². The van der Waals surface area contributed by atoms with Crippen molar-refractivity contribution in [2.75, 3.05) is 19.0 Å². The molecule has 0 saturated heterocycles. The first-order valence-electron chi connectivity index (χ1n) is 5.25. The third-order valence-electron chi connectivity index (χ3n) is 2.94. The lowest BCUT2D eigenvalue weighted by molar-refractivity contribution is 0.672. The molecule has 0 radical (unpaired) electrons. The lowest BCUT2D eigenvalue weighted by Gasteiger charge is -2.17. The molecule has 0 spiro atoms. The third-order valence-corrected chi connectivity index (χ3v) is 3.26. The molecule has 2 N–H and O–H groups in total. The zero-order valence-electron chi connectivity index (χ0n) is 9.26. The minimum Gasteiger partial charge on any atom is -0.376 e. The molecule has 0 atom stereocenters. The first-order chi connectivity index (χ1) is 7.00. The Morgan fingerprint density at radius 2 is 2.07 bits per heavy atom. The molecule has 0 amide bonds. The minimum atomic E-state index is 0.0669. The summed E-state index contributed by atoms with van der Waals surface area (Å²) in [5.41, 5.74) is 8.51. The van der Waals surface area contributed by atoms with Gasteiger partial charge in [0.15, 0.2) is 0 Å². The van der Waals surface area contributed by atoms with Crippen LogP contribution in [0.15, 0.2) is 18.2 Å². The summed E-state index contributed by atoms with van der Waals surface area (Å²) in [5.74, 6) is 0. The molecule has 15 heavy (non-hydrogen) atoms.